The van der Waals surface area contributed by atoms with Crippen LogP contribution >= 0.6 is 0 Å². The largest absolute Gasteiger partial charge is 0.314 e. The summed E-state index contributed by atoms with van der Waals surface area (Å²) in [6.07, 6.45) is 6.62. The molecular formula is C10H15N5. The second kappa shape index (κ2) is 4.89. The van der Waals surface area contributed by atoms with Crippen LogP contribution in [0.3, 0.4) is 0 Å². The Bertz CT molecular complexity index is 345. The van der Waals surface area contributed by atoms with E-state index in [1.54, 1.807) is 10.9 Å². The van der Waals surface area contributed by atoms with Crippen LogP contribution in [0.2, 0.25) is 0 Å². The average molecular weight is 205 g/mol. The van der Waals surface area contributed by atoms with Crippen LogP contribution in [0.15, 0.2) is 6.20 Å². The van der Waals surface area contributed by atoms with Crippen LogP contribution < -0.4 is 5.32 Å². The first-order valence-electron chi connectivity index (χ1n) is 5.42. The van der Waals surface area contributed by atoms with Crippen LogP contribution in [0, 0.1) is 11.3 Å². The highest BCUT2D eigenvalue weighted by molar-refractivity contribution is 5.12. The molecule has 1 aromatic rings. The molecule has 1 N–H and O–H groups in total. The number of rotatable bonds is 3. The van der Waals surface area contributed by atoms with Crippen molar-refractivity contribution in [3.8, 4) is 6.07 Å². The zero-order valence-electron chi connectivity index (χ0n) is 8.69. The van der Waals surface area contributed by atoms with Crippen LogP contribution in [0.4, 0.5) is 0 Å². The van der Waals surface area contributed by atoms with Crippen LogP contribution in [-0.4, -0.2) is 27.6 Å². The highest BCUT2D eigenvalue weighted by Crippen LogP contribution is 2.10. The van der Waals surface area contributed by atoms with Gasteiger partial charge in [0.1, 0.15) is 6.07 Å². The summed E-state index contributed by atoms with van der Waals surface area (Å²) in [4.78, 5) is 0. The van der Waals surface area contributed by atoms with E-state index in [1.165, 1.54) is 19.3 Å². The molecule has 0 spiro atoms. The highest BCUT2D eigenvalue weighted by atomic mass is 15.4. The molecule has 0 amide bonds. The Morgan fingerprint density at radius 3 is 3.20 bits per heavy atom. The molecule has 5 heteroatoms. The van der Waals surface area contributed by atoms with Crippen molar-refractivity contribution in [2.45, 2.75) is 38.3 Å². The minimum absolute atomic E-state index is 0.395. The summed E-state index contributed by atoms with van der Waals surface area (Å²) in [5, 5.41) is 19.7. The standard InChI is InChI=1S/C10H15N5/c11-7-10-8-15(14-13-10)6-4-9-3-1-2-5-12-9/h8-9,12H,1-6H2. The van der Waals surface area contributed by atoms with Gasteiger partial charge in [0.05, 0.1) is 6.20 Å². The maximum absolute atomic E-state index is 8.59. The molecule has 1 atom stereocenters. The van der Waals surface area contributed by atoms with E-state index in [0.29, 0.717) is 11.7 Å². The second-order valence-corrected chi connectivity index (χ2v) is 3.91. The summed E-state index contributed by atoms with van der Waals surface area (Å²) in [5.74, 6) is 0. The molecule has 0 saturated carbocycles. The number of aromatic nitrogens is 3. The van der Waals surface area contributed by atoms with E-state index in [-0.39, 0.29) is 0 Å². The van der Waals surface area contributed by atoms with Crippen molar-refractivity contribution < 1.29 is 0 Å². The van der Waals surface area contributed by atoms with Gasteiger partial charge in [0.2, 0.25) is 0 Å². The van der Waals surface area contributed by atoms with Gasteiger partial charge in [-0.05, 0) is 25.8 Å². The summed E-state index contributed by atoms with van der Waals surface area (Å²) >= 11 is 0. The molecule has 1 aromatic heterocycles. The number of hydrogen-bond acceptors (Lipinski definition) is 4. The Labute approximate surface area is 89.1 Å². The predicted molar refractivity (Wildman–Crippen MR) is 55.0 cm³/mol. The molecule has 1 saturated heterocycles. The lowest BCUT2D eigenvalue weighted by Crippen LogP contribution is -2.34. The van der Waals surface area contributed by atoms with Crippen molar-refractivity contribution in [1.29, 1.82) is 5.26 Å². The quantitative estimate of drug-likeness (QED) is 0.788. The van der Waals surface area contributed by atoms with Gasteiger partial charge in [-0.2, -0.15) is 5.26 Å². The topological polar surface area (TPSA) is 66.5 Å². The van der Waals surface area contributed by atoms with Gasteiger partial charge in [0, 0.05) is 12.6 Å². The summed E-state index contributed by atoms with van der Waals surface area (Å²) in [7, 11) is 0. The lowest BCUT2D eigenvalue weighted by molar-refractivity contribution is 0.359. The Balaban J connectivity index is 1.79. The summed E-state index contributed by atoms with van der Waals surface area (Å²) in [6, 6.07) is 2.58. The number of nitrogens with zero attached hydrogens (tertiary/aromatic N) is 4. The van der Waals surface area contributed by atoms with Crippen molar-refractivity contribution >= 4 is 0 Å². The fraction of sp³-hybridized carbons (Fsp3) is 0.700. The first-order valence-corrected chi connectivity index (χ1v) is 5.42. The van der Waals surface area contributed by atoms with Gasteiger partial charge in [-0.1, -0.05) is 11.6 Å². The Hall–Kier alpha value is -1.41. The zero-order valence-corrected chi connectivity index (χ0v) is 8.69. The molecule has 1 unspecified atom stereocenters. The summed E-state index contributed by atoms with van der Waals surface area (Å²) in [6.45, 7) is 1.97. The first kappa shape index (κ1) is 10.1. The molecule has 1 fully saturated rings. The van der Waals surface area contributed by atoms with Crippen molar-refractivity contribution in [2.24, 2.45) is 0 Å². The average Bonchev–Trinajstić information content (AvgIpc) is 2.76. The van der Waals surface area contributed by atoms with E-state index < -0.39 is 0 Å². The third-order valence-corrected chi connectivity index (χ3v) is 2.77. The fourth-order valence-electron chi connectivity index (χ4n) is 1.92. The van der Waals surface area contributed by atoms with Gasteiger partial charge in [0.25, 0.3) is 0 Å². The number of nitriles is 1. The molecule has 80 valence electrons. The number of nitrogens with one attached hydrogen (secondary N) is 1. The van der Waals surface area contributed by atoms with E-state index in [9.17, 15) is 0 Å². The molecule has 1 aliphatic heterocycles. The molecular weight excluding hydrogens is 190 g/mol. The zero-order chi connectivity index (χ0) is 10.5. The smallest absolute Gasteiger partial charge is 0.182 e. The van der Waals surface area contributed by atoms with Gasteiger partial charge in [-0.25, -0.2) is 0 Å². The van der Waals surface area contributed by atoms with Crippen molar-refractivity contribution in [3.63, 3.8) is 0 Å². The Kier molecular flexibility index (Phi) is 3.30. The molecule has 5 nitrogen and oxygen atoms in total. The number of aryl methyl sites for hydroxylation is 1. The maximum Gasteiger partial charge on any atom is 0.182 e. The summed E-state index contributed by atoms with van der Waals surface area (Å²) in [5.41, 5.74) is 0.395. The Morgan fingerprint density at radius 2 is 2.53 bits per heavy atom. The molecule has 2 rings (SSSR count). The van der Waals surface area contributed by atoms with Gasteiger partial charge < -0.3 is 5.32 Å². The fourth-order valence-corrected chi connectivity index (χ4v) is 1.92. The highest BCUT2D eigenvalue weighted by Gasteiger charge is 2.12. The molecule has 15 heavy (non-hydrogen) atoms. The SMILES string of the molecule is N#Cc1cn(CCC2CCCCN2)nn1. The van der Waals surface area contributed by atoms with Gasteiger partial charge in [-0.3, -0.25) is 4.68 Å². The van der Waals surface area contributed by atoms with Crippen molar-refractivity contribution in [1.82, 2.24) is 20.3 Å². The normalized spacial score (nSPS) is 21.1. The minimum atomic E-state index is 0.395. The predicted octanol–water partition coefficient (Wildman–Crippen LogP) is 0.682. The summed E-state index contributed by atoms with van der Waals surface area (Å²) < 4.78 is 1.74. The lowest BCUT2D eigenvalue weighted by atomic mass is 10.0. The molecule has 0 aromatic carbocycles. The molecule has 0 bridgehead atoms. The number of piperidine rings is 1. The van der Waals surface area contributed by atoms with Crippen molar-refractivity contribution in [2.75, 3.05) is 6.54 Å². The Morgan fingerprint density at radius 1 is 1.60 bits per heavy atom. The first-order chi connectivity index (χ1) is 7.38. The van der Waals surface area contributed by atoms with Crippen molar-refractivity contribution in [3.05, 3.63) is 11.9 Å². The number of hydrogen-bond donors (Lipinski definition) is 1. The van der Waals surface area contributed by atoms with Gasteiger partial charge in [0.15, 0.2) is 5.69 Å². The van der Waals surface area contributed by atoms with Crippen LogP contribution in [-0.2, 0) is 6.54 Å². The second-order valence-electron chi connectivity index (χ2n) is 3.91. The molecule has 1 aliphatic rings. The minimum Gasteiger partial charge on any atom is -0.314 e. The van der Waals surface area contributed by atoms with Crippen LogP contribution in [0.1, 0.15) is 31.4 Å². The van der Waals surface area contributed by atoms with E-state index in [0.717, 1.165) is 19.5 Å². The van der Waals surface area contributed by atoms with Gasteiger partial charge in [-0.15, -0.1) is 5.10 Å². The van der Waals surface area contributed by atoms with E-state index >= 15 is 0 Å². The van der Waals surface area contributed by atoms with Crippen LogP contribution in [0.25, 0.3) is 0 Å². The van der Waals surface area contributed by atoms with Gasteiger partial charge >= 0.3 is 0 Å². The maximum atomic E-state index is 8.59. The van der Waals surface area contributed by atoms with E-state index in [1.807, 2.05) is 6.07 Å². The third-order valence-electron chi connectivity index (χ3n) is 2.77. The lowest BCUT2D eigenvalue weighted by Gasteiger charge is -2.22. The molecule has 0 radical (unpaired) electrons. The molecule has 2 heterocycles. The van der Waals surface area contributed by atoms with E-state index in [4.69, 9.17) is 5.26 Å². The van der Waals surface area contributed by atoms with E-state index in [2.05, 4.69) is 15.6 Å². The van der Waals surface area contributed by atoms with Crippen LogP contribution in [0.5, 0.6) is 0 Å². The molecule has 0 aliphatic carbocycles. The monoisotopic (exact) mass is 205 g/mol. The third kappa shape index (κ3) is 2.77.